The van der Waals surface area contributed by atoms with Crippen molar-refractivity contribution < 1.29 is 59.5 Å². The third-order valence-electron chi connectivity index (χ3n) is 5.64. The molecule has 0 N–H and O–H groups in total. The molecule has 0 radical (unpaired) electrons. The molecule has 4 heterocycles. The van der Waals surface area contributed by atoms with Gasteiger partial charge in [-0.15, -0.1) is 0 Å². The van der Waals surface area contributed by atoms with Crippen molar-refractivity contribution in [3.63, 3.8) is 0 Å². The number of aromatic nitrogens is 4. The first-order valence-electron chi connectivity index (χ1n) is 13.2. The minimum absolute atomic E-state index is 1.09. The Bertz CT molecular complexity index is 1330. The van der Waals surface area contributed by atoms with Gasteiger partial charge in [0.1, 0.15) is 13.1 Å². The van der Waals surface area contributed by atoms with Crippen LogP contribution in [0.2, 0.25) is 0 Å². The first-order valence-corrected chi connectivity index (χ1v) is 17.3. The molecule has 0 fully saturated rings. The van der Waals surface area contributed by atoms with Crippen LogP contribution in [0, 0.1) is 0 Å². The van der Waals surface area contributed by atoms with Gasteiger partial charge in [-0.1, -0.05) is 6.42 Å². The van der Waals surface area contributed by atoms with Crippen molar-refractivity contribution >= 4 is 15.6 Å². The molecule has 0 atom stereocenters. The number of pyridine rings is 4. The number of nitrogens with zero attached hydrogens (tertiary/aromatic N) is 4. The van der Waals surface area contributed by atoms with Crippen LogP contribution in [0.15, 0.2) is 98.1 Å². The van der Waals surface area contributed by atoms with Crippen LogP contribution in [0.1, 0.15) is 32.1 Å². The monoisotopic (exact) mass is 700 g/mol. The normalized spacial score (nSPS) is 14.7. The number of rotatable bonds is 10. The van der Waals surface area contributed by atoms with Crippen LogP contribution >= 0.6 is 15.6 Å². The zero-order chi connectivity index (χ0) is 34.0. The Labute approximate surface area is 250 Å². The molecule has 0 bridgehead atoms. The second kappa shape index (κ2) is 13.2. The minimum atomic E-state index is -10.7. The molecule has 0 saturated heterocycles. The largest absolute Gasteiger partial charge is 0.265 e. The zero-order valence-corrected chi connectivity index (χ0v) is 25.2. The average Bonchev–Trinajstić information content (AvgIpc) is 2.91. The second-order valence-electron chi connectivity index (χ2n) is 9.81. The molecule has 0 aromatic carbocycles. The molecule has 4 aromatic heterocycles. The molecule has 252 valence electrons. The predicted octanol–water partition coefficient (Wildman–Crippen LogP) is 11.8. The van der Waals surface area contributed by atoms with E-state index < -0.39 is 15.6 Å². The van der Waals surface area contributed by atoms with Crippen LogP contribution in [0.3, 0.4) is 0 Å². The van der Waals surface area contributed by atoms with Crippen LogP contribution < -0.4 is 9.13 Å². The Kier molecular flexibility index (Phi) is 11.1. The quantitative estimate of drug-likeness (QED) is 0.0714. The van der Waals surface area contributed by atoms with Crippen LogP contribution in [0.4, 0.5) is 50.4 Å². The van der Waals surface area contributed by atoms with Gasteiger partial charge in [0.25, 0.3) is 0 Å². The summed E-state index contributed by atoms with van der Waals surface area (Å²) in [6.07, 6.45) is 22.4. The van der Waals surface area contributed by atoms with Gasteiger partial charge in [-0.2, -0.15) is 0 Å². The van der Waals surface area contributed by atoms with Crippen LogP contribution in [0.5, 0.6) is 0 Å². The topological polar surface area (TPSA) is 33.5 Å². The second-order valence-corrected chi connectivity index (χ2v) is 13.6. The molecule has 18 heteroatoms. The van der Waals surface area contributed by atoms with E-state index in [4.69, 9.17) is 0 Å². The van der Waals surface area contributed by atoms with Crippen molar-refractivity contribution in [1.82, 2.24) is 9.97 Å². The predicted molar refractivity (Wildman–Crippen MR) is 150 cm³/mol. The average molecular weight is 700 g/mol. The summed E-state index contributed by atoms with van der Waals surface area (Å²) in [5.74, 6) is 0. The first kappa shape index (κ1) is 37.8. The maximum absolute atomic E-state index is 10.7. The Morgan fingerprint density at radius 1 is 0.378 bits per heavy atom. The van der Waals surface area contributed by atoms with Crippen molar-refractivity contribution in [3.05, 3.63) is 98.1 Å². The SMILES string of the molecule is F[P-](F)(F)(F)(F)F.F[P-](F)(F)(F)(F)F.c1cc(-c2cc[n+](CCCCCCC[n+]3ccc(-c4ccncc4)cc3)cc2)ccn1. The van der Waals surface area contributed by atoms with Gasteiger partial charge in [0, 0.05) is 61.9 Å². The van der Waals surface area contributed by atoms with E-state index in [2.05, 4.69) is 68.2 Å². The molecule has 4 nitrogen and oxygen atoms in total. The van der Waals surface area contributed by atoms with Gasteiger partial charge < -0.3 is 0 Å². The molecule has 0 aliphatic carbocycles. The van der Waals surface area contributed by atoms with Crippen LogP contribution in [-0.2, 0) is 13.1 Å². The number of hydrogen-bond acceptors (Lipinski definition) is 2. The van der Waals surface area contributed by atoms with E-state index in [0.717, 1.165) is 13.1 Å². The molecular formula is C27H30F12N4P2. The molecule has 0 spiro atoms. The summed E-state index contributed by atoms with van der Waals surface area (Å²) in [5, 5.41) is 0. The summed E-state index contributed by atoms with van der Waals surface area (Å²) >= 11 is 0. The number of hydrogen-bond donors (Lipinski definition) is 0. The van der Waals surface area contributed by atoms with E-state index in [1.807, 2.05) is 49.1 Å². The maximum Gasteiger partial charge on any atom is 0.169 e. The molecule has 0 amide bonds. The Morgan fingerprint density at radius 3 is 0.867 bits per heavy atom. The summed E-state index contributed by atoms with van der Waals surface area (Å²) in [7, 11) is -21.3. The van der Waals surface area contributed by atoms with Crippen molar-refractivity contribution in [1.29, 1.82) is 0 Å². The van der Waals surface area contributed by atoms with Crippen molar-refractivity contribution in [3.8, 4) is 22.3 Å². The van der Waals surface area contributed by atoms with Gasteiger partial charge in [0.05, 0.1) is 0 Å². The number of unbranched alkanes of at least 4 members (excludes halogenated alkanes) is 4. The minimum Gasteiger partial charge on any atom is -0.265 e. The van der Waals surface area contributed by atoms with Gasteiger partial charge in [0.2, 0.25) is 0 Å². The van der Waals surface area contributed by atoms with E-state index in [-0.39, 0.29) is 0 Å². The molecule has 45 heavy (non-hydrogen) atoms. The number of halogens is 12. The Morgan fingerprint density at radius 2 is 0.600 bits per heavy atom. The molecule has 4 rings (SSSR count). The molecule has 0 unspecified atom stereocenters. The van der Waals surface area contributed by atoms with Gasteiger partial charge in [-0.3, -0.25) is 9.97 Å². The zero-order valence-electron chi connectivity index (χ0n) is 23.4. The summed E-state index contributed by atoms with van der Waals surface area (Å²) in [6.45, 7) is 2.17. The Balaban J connectivity index is 0.000000421. The van der Waals surface area contributed by atoms with Crippen LogP contribution in [0.25, 0.3) is 22.3 Å². The third kappa shape index (κ3) is 23.6. The van der Waals surface area contributed by atoms with E-state index in [9.17, 15) is 50.4 Å². The first-order chi connectivity index (χ1) is 20.3. The van der Waals surface area contributed by atoms with E-state index >= 15 is 0 Å². The summed E-state index contributed by atoms with van der Waals surface area (Å²) in [4.78, 5) is 8.17. The molecule has 0 aliphatic rings. The fourth-order valence-corrected chi connectivity index (χ4v) is 3.81. The summed E-state index contributed by atoms with van der Waals surface area (Å²) < 4.78 is 123. The fourth-order valence-electron chi connectivity index (χ4n) is 3.81. The van der Waals surface area contributed by atoms with Crippen molar-refractivity contribution in [2.75, 3.05) is 0 Å². The van der Waals surface area contributed by atoms with Gasteiger partial charge >= 0.3 is 66.0 Å². The smallest absolute Gasteiger partial charge is 0.169 e. The van der Waals surface area contributed by atoms with Crippen LogP contribution in [-0.4, -0.2) is 9.97 Å². The molecule has 0 aliphatic heterocycles. The van der Waals surface area contributed by atoms with E-state index in [0.29, 0.717) is 0 Å². The van der Waals surface area contributed by atoms with Crippen molar-refractivity contribution in [2.24, 2.45) is 0 Å². The van der Waals surface area contributed by atoms with E-state index in [1.54, 1.807) is 0 Å². The van der Waals surface area contributed by atoms with Gasteiger partial charge in [0.15, 0.2) is 24.8 Å². The van der Waals surface area contributed by atoms with Crippen molar-refractivity contribution in [2.45, 2.75) is 45.2 Å². The third-order valence-corrected chi connectivity index (χ3v) is 5.64. The fraction of sp³-hybridized carbons (Fsp3) is 0.259. The molecular weight excluding hydrogens is 670 g/mol. The summed E-state index contributed by atoms with van der Waals surface area (Å²) in [6, 6.07) is 16.9. The van der Waals surface area contributed by atoms with E-state index in [1.165, 1.54) is 54.4 Å². The molecule has 4 aromatic rings. The van der Waals surface area contributed by atoms with Gasteiger partial charge in [-0.25, -0.2) is 9.13 Å². The summed E-state index contributed by atoms with van der Waals surface area (Å²) in [5.41, 5.74) is 4.91. The standard InChI is InChI=1S/C27H30N4.2F6P/c1(2-4-18-30-20-10-26(11-21-30)24-6-14-28-15-7-24)3-5-19-31-22-12-27(13-23-31)25-8-16-29-17-9-25;2*1-7(2,3,4,5)6/h6-17,20-23H,1-5,18-19H2;;/q+2;2*-1. The Hall–Kier alpha value is -3.38. The van der Waals surface area contributed by atoms with Gasteiger partial charge in [-0.05, 0) is 59.4 Å². The number of aryl methyl sites for hydroxylation is 2. The molecule has 0 saturated carbocycles. The maximum atomic E-state index is 9.87.